The van der Waals surface area contributed by atoms with Crippen LogP contribution in [-0.4, -0.2) is 17.7 Å². The van der Waals surface area contributed by atoms with Gasteiger partial charge in [0.1, 0.15) is 5.60 Å². The number of hydrogen-bond acceptors (Lipinski definition) is 2. The Balaban J connectivity index is 2.01. The predicted molar refractivity (Wildman–Crippen MR) is 46.1 cm³/mol. The first-order valence-electron chi connectivity index (χ1n) is 5.21. The van der Waals surface area contributed by atoms with Gasteiger partial charge in [0.25, 0.3) is 0 Å². The number of fused-ring (bicyclic) bond motifs is 3. The molecule has 2 nitrogen and oxygen atoms in total. The second kappa shape index (κ2) is 3.39. The number of halogens is 3. The van der Waals surface area contributed by atoms with Crippen molar-refractivity contribution in [3.8, 4) is 0 Å². The van der Waals surface area contributed by atoms with E-state index in [4.69, 9.17) is 0 Å². The van der Waals surface area contributed by atoms with E-state index in [0.29, 0.717) is 25.2 Å². The molecular weight excluding hydrogens is 209 g/mol. The van der Waals surface area contributed by atoms with E-state index in [2.05, 4.69) is 4.74 Å². The van der Waals surface area contributed by atoms with Crippen molar-refractivity contribution in [2.75, 3.05) is 0 Å². The number of alkyl halides is 3. The van der Waals surface area contributed by atoms with Crippen LogP contribution in [0.2, 0.25) is 0 Å². The molecule has 0 spiro atoms. The highest BCUT2D eigenvalue weighted by Gasteiger charge is 2.49. The van der Waals surface area contributed by atoms with Crippen molar-refractivity contribution in [1.29, 1.82) is 0 Å². The van der Waals surface area contributed by atoms with Crippen molar-refractivity contribution in [1.82, 2.24) is 0 Å². The summed E-state index contributed by atoms with van der Waals surface area (Å²) in [5.41, 5.74) is -0.804. The molecule has 0 aliphatic heterocycles. The Hall–Kier alpha value is -0.740. The first-order valence-corrected chi connectivity index (χ1v) is 5.21. The van der Waals surface area contributed by atoms with E-state index in [1.54, 1.807) is 0 Å². The lowest BCUT2D eigenvalue weighted by atomic mass is 9.68. The minimum Gasteiger partial charge on any atom is -0.452 e. The van der Waals surface area contributed by atoms with E-state index in [1.165, 1.54) is 0 Å². The maximum Gasteiger partial charge on any atom is 0.490 e. The lowest BCUT2D eigenvalue weighted by Gasteiger charge is -2.45. The highest BCUT2D eigenvalue weighted by atomic mass is 19.4. The van der Waals surface area contributed by atoms with Crippen LogP contribution in [0.3, 0.4) is 0 Å². The largest absolute Gasteiger partial charge is 0.490 e. The molecule has 0 N–H and O–H groups in total. The minimum atomic E-state index is -4.86. The molecule has 5 heteroatoms. The molecule has 0 aromatic rings. The number of carbonyl (C=O) groups is 1. The quantitative estimate of drug-likeness (QED) is 0.638. The second-order valence-corrected chi connectivity index (χ2v) is 4.55. The van der Waals surface area contributed by atoms with Crippen molar-refractivity contribution in [2.24, 2.45) is 5.92 Å². The zero-order valence-corrected chi connectivity index (χ0v) is 8.27. The number of ether oxygens (including phenoxy) is 1. The SMILES string of the molecule is O=C(OC12CCC(CC1)CC2)C(F)(F)F. The molecule has 3 saturated carbocycles. The van der Waals surface area contributed by atoms with Gasteiger partial charge < -0.3 is 4.74 Å². The van der Waals surface area contributed by atoms with Gasteiger partial charge in [0.15, 0.2) is 0 Å². The maximum atomic E-state index is 12.0. The normalized spacial score (nSPS) is 35.3. The van der Waals surface area contributed by atoms with E-state index < -0.39 is 17.7 Å². The first-order chi connectivity index (χ1) is 6.91. The van der Waals surface area contributed by atoms with Crippen LogP contribution in [0.5, 0.6) is 0 Å². The van der Waals surface area contributed by atoms with Gasteiger partial charge in [0.2, 0.25) is 0 Å². The Morgan fingerprint density at radius 3 is 2.00 bits per heavy atom. The molecule has 0 radical (unpaired) electrons. The molecular formula is C10H13F3O2. The summed E-state index contributed by atoms with van der Waals surface area (Å²) in [6.45, 7) is 0. The molecule has 0 aromatic heterocycles. The van der Waals surface area contributed by atoms with Gasteiger partial charge >= 0.3 is 12.1 Å². The monoisotopic (exact) mass is 222 g/mol. The Morgan fingerprint density at radius 2 is 1.60 bits per heavy atom. The van der Waals surface area contributed by atoms with Gasteiger partial charge in [-0.3, -0.25) is 0 Å². The van der Waals surface area contributed by atoms with E-state index in [0.717, 1.165) is 19.3 Å². The molecule has 0 saturated heterocycles. The number of rotatable bonds is 1. The summed E-state index contributed by atoms with van der Waals surface area (Å²) in [5.74, 6) is -1.39. The van der Waals surface area contributed by atoms with Crippen LogP contribution in [0.15, 0.2) is 0 Å². The fourth-order valence-electron chi connectivity index (χ4n) is 2.62. The molecule has 0 amide bonds. The Labute approximate surface area is 85.8 Å². The molecule has 3 aliphatic rings. The van der Waals surface area contributed by atoms with Gasteiger partial charge in [-0.05, 0) is 44.4 Å². The van der Waals surface area contributed by atoms with E-state index in [9.17, 15) is 18.0 Å². The third-order valence-electron chi connectivity index (χ3n) is 3.57. The topological polar surface area (TPSA) is 26.3 Å². The smallest absolute Gasteiger partial charge is 0.452 e. The Kier molecular flexibility index (Phi) is 2.43. The standard InChI is InChI=1S/C10H13F3O2/c11-10(12,13)8(14)15-9-4-1-7(2-5-9)3-6-9/h7H,1-6H2. The summed E-state index contributed by atoms with van der Waals surface area (Å²) in [4.78, 5) is 10.8. The van der Waals surface area contributed by atoms with E-state index in [-0.39, 0.29) is 0 Å². The van der Waals surface area contributed by atoms with Crippen molar-refractivity contribution in [3.63, 3.8) is 0 Å². The molecule has 3 aliphatic carbocycles. The minimum absolute atomic E-state index is 0.597. The highest BCUT2D eigenvalue weighted by molar-refractivity contribution is 5.76. The molecule has 0 aromatic carbocycles. The molecule has 0 heterocycles. The van der Waals surface area contributed by atoms with Crippen LogP contribution in [0, 0.1) is 5.92 Å². The highest BCUT2D eigenvalue weighted by Crippen LogP contribution is 2.47. The zero-order valence-electron chi connectivity index (χ0n) is 8.27. The summed E-state index contributed by atoms with van der Waals surface area (Å²) in [7, 11) is 0. The predicted octanol–water partition coefficient (Wildman–Crippen LogP) is 2.81. The van der Waals surface area contributed by atoms with Crippen LogP contribution in [0.1, 0.15) is 38.5 Å². The van der Waals surface area contributed by atoms with E-state index >= 15 is 0 Å². The average Bonchev–Trinajstić information content (AvgIpc) is 2.18. The molecule has 3 rings (SSSR count). The summed E-state index contributed by atoms with van der Waals surface area (Å²) < 4.78 is 40.8. The average molecular weight is 222 g/mol. The van der Waals surface area contributed by atoms with Crippen molar-refractivity contribution < 1.29 is 22.7 Å². The third-order valence-corrected chi connectivity index (χ3v) is 3.57. The summed E-state index contributed by atoms with van der Waals surface area (Å²) in [6.07, 6.45) is -0.386. The third kappa shape index (κ3) is 2.11. The molecule has 0 atom stereocenters. The number of esters is 1. The van der Waals surface area contributed by atoms with Crippen LogP contribution in [0.4, 0.5) is 13.2 Å². The summed E-state index contributed by atoms with van der Waals surface area (Å²) in [6, 6.07) is 0. The molecule has 2 bridgehead atoms. The maximum absolute atomic E-state index is 12.0. The van der Waals surface area contributed by atoms with Gasteiger partial charge in [-0.2, -0.15) is 13.2 Å². The molecule has 86 valence electrons. The van der Waals surface area contributed by atoms with Gasteiger partial charge in [0, 0.05) is 0 Å². The van der Waals surface area contributed by atoms with Gasteiger partial charge in [0.05, 0.1) is 0 Å². The van der Waals surface area contributed by atoms with Gasteiger partial charge in [-0.25, -0.2) is 4.79 Å². The van der Waals surface area contributed by atoms with Crippen LogP contribution >= 0.6 is 0 Å². The van der Waals surface area contributed by atoms with Gasteiger partial charge in [-0.1, -0.05) is 0 Å². The van der Waals surface area contributed by atoms with Crippen LogP contribution < -0.4 is 0 Å². The molecule has 3 fully saturated rings. The van der Waals surface area contributed by atoms with E-state index in [1.807, 2.05) is 0 Å². The Morgan fingerprint density at radius 1 is 1.13 bits per heavy atom. The fourth-order valence-corrected chi connectivity index (χ4v) is 2.62. The lowest BCUT2D eigenvalue weighted by Crippen LogP contribution is -2.46. The van der Waals surface area contributed by atoms with Crippen LogP contribution in [0.25, 0.3) is 0 Å². The number of carbonyl (C=O) groups excluding carboxylic acids is 1. The summed E-state index contributed by atoms with van der Waals surface area (Å²) in [5, 5.41) is 0. The van der Waals surface area contributed by atoms with Gasteiger partial charge in [-0.15, -0.1) is 0 Å². The van der Waals surface area contributed by atoms with Crippen molar-refractivity contribution in [2.45, 2.75) is 50.3 Å². The second-order valence-electron chi connectivity index (χ2n) is 4.55. The lowest BCUT2D eigenvalue weighted by molar-refractivity contribution is -0.221. The van der Waals surface area contributed by atoms with Crippen molar-refractivity contribution in [3.05, 3.63) is 0 Å². The zero-order chi connectivity index (χ0) is 11.1. The fraction of sp³-hybridized carbons (Fsp3) is 0.900. The number of hydrogen-bond donors (Lipinski definition) is 0. The molecule has 15 heavy (non-hydrogen) atoms. The first kappa shape index (κ1) is 10.8. The van der Waals surface area contributed by atoms with Crippen LogP contribution in [-0.2, 0) is 9.53 Å². The molecule has 0 unspecified atom stereocenters. The Bertz CT molecular complexity index is 251. The summed E-state index contributed by atoms with van der Waals surface area (Å²) >= 11 is 0. The van der Waals surface area contributed by atoms with Crippen molar-refractivity contribution >= 4 is 5.97 Å².